The number of rotatable bonds is 2. The molecule has 1 unspecified atom stereocenters. The smallest absolute Gasteiger partial charge is 0.306 e. The molecule has 0 spiro atoms. The maximum atomic E-state index is 10.8. The number of cyclic esters (lactones) is 1. The molecule has 0 saturated carbocycles. The molecule has 1 fully saturated rings. The van der Waals surface area contributed by atoms with Crippen LogP contribution in [0.2, 0.25) is 0 Å². The standard InChI is InChI=1S/C9H12N2O2/c1-11-6-10-4-8(11)2-7-3-9(12)13-5-7/h4,6-7H,2-3,5H2,1H3. The molecule has 0 radical (unpaired) electrons. The van der Waals surface area contributed by atoms with Gasteiger partial charge in [-0.15, -0.1) is 0 Å². The van der Waals surface area contributed by atoms with Gasteiger partial charge in [0.2, 0.25) is 0 Å². The molecule has 2 rings (SSSR count). The van der Waals surface area contributed by atoms with Crippen molar-refractivity contribution >= 4 is 5.97 Å². The third-order valence-corrected chi connectivity index (χ3v) is 2.35. The minimum absolute atomic E-state index is 0.0767. The molecule has 13 heavy (non-hydrogen) atoms. The number of ether oxygens (including phenoxy) is 1. The lowest BCUT2D eigenvalue weighted by molar-refractivity contribution is -0.137. The van der Waals surface area contributed by atoms with Crippen LogP contribution in [0.15, 0.2) is 12.5 Å². The van der Waals surface area contributed by atoms with Gasteiger partial charge in [-0.1, -0.05) is 0 Å². The average Bonchev–Trinajstić information content (AvgIpc) is 2.64. The van der Waals surface area contributed by atoms with E-state index in [-0.39, 0.29) is 5.97 Å². The number of aromatic nitrogens is 2. The van der Waals surface area contributed by atoms with Gasteiger partial charge in [-0.2, -0.15) is 0 Å². The van der Waals surface area contributed by atoms with Crippen molar-refractivity contribution in [2.45, 2.75) is 12.8 Å². The van der Waals surface area contributed by atoms with Gasteiger partial charge < -0.3 is 9.30 Å². The van der Waals surface area contributed by atoms with Gasteiger partial charge in [-0.05, 0) is 6.42 Å². The average molecular weight is 180 g/mol. The fourth-order valence-electron chi connectivity index (χ4n) is 1.57. The van der Waals surface area contributed by atoms with Gasteiger partial charge in [0.25, 0.3) is 0 Å². The van der Waals surface area contributed by atoms with Gasteiger partial charge in [-0.3, -0.25) is 4.79 Å². The van der Waals surface area contributed by atoms with Crippen LogP contribution in [0.4, 0.5) is 0 Å². The molecule has 0 aromatic carbocycles. The summed E-state index contributed by atoms with van der Waals surface area (Å²) in [5.41, 5.74) is 1.16. The summed E-state index contributed by atoms with van der Waals surface area (Å²) >= 11 is 0. The second-order valence-corrected chi connectivity index (χ2v) is 3.45. The summed E-state index contributed by atoms with van der Waals surface area (Å²) < 4.78 is 6.86. The zero-order valence-electron chi connectivity index (χ0n) is 7.56. The normalized spacial score (nSPS) is 21.9. The van der Waals surface area contributed by atoms with E-state index in [0.717, 1.165) is 12.1 Å². The summed E-state index contributed by atoms with van der Waals surface area (Å²) in [6.07, 6.45) is 5.03. The van der Waals surface area contributed by atoms with Crippen molar-refractivity contribution in [1.82, 2.24) is 9.55 Å². The highest BCUT2D eigenvalue weighted by Crippen LogP contribution is 2.18. The number of carbonyl (C=O) groups excluding carboxylic acids is 1. The molecule has 1 saturated heterocycles. The molecule has 0 bridgehead atoms. The topological polar surface area (TPSA) is 44.1 Å². The Morgan fingerprint density at radius 3 is 3.15 bits per heavy atom. The van der Waals surface area contributed by atoms with Gasteiger partial charge >= 0.3 is 5.97 Å². The monoisotopic (exact) mass is 180 g/mol. The molecule has 1 atom stereocenters. The van der Waals surface area contributed by atoms with Gasteiger partial charge in [0, 0.05) is 24.9 Å². The van der Waals surface area contributed by atoms with Crippen LogP contribution in [0.5, 0.6) is 0 Å². The van der Waals surface area contributed by atoms with Gasteiger partial charge in [0.1, 0.15) is 0 Å². The first-order valence-electron chi connectivity index (χ1n) is 4.36. The molecule has 1 aromatic rings. The number of nitrogens with zero attached hydrogens (tertiary/aromatic N) is 2. The SMILES string of the molecule is Cn1cncc1CC1COC(=O)C1. The van der Waals surface area contributed by atoms with E-state index in [9.17, 15) is 4.79 Å². The lowest BCUT2D eigenvalue weighted by atomic mass is 10.0. The number of aryl methyl sites for hydroxylation is 1. The Kier molecular flexibility index (Phi) is 2.04. The number of hydrogen-bond acceptors (Lipinski definition) is 3. The molecule has 4 nitrogen and oxygen atoms in total. The Balaban J connectivity index is 1.99. The molecule has 1 aliphatic rings. The van der Waals surface area contributed by atoms with Crippen LogP contribution in [0.25, 0.3) is 0 Å². The summed E-state index contributed by atoms with van der Waals surface area (Å²) in [4.78, 5) is 14.8. The van der Waals surface area contributed by atoms with Gasteiger partial charge in [-0.25, -0.2) is 4.98 Å². The van der Waals surface area contributed by atoms with Crippen molar-refractivity contribution in [3.05, 3.63) is 18.2 Å². The predicted molar refractivity (Wildman–Crippen MR) is 46.0 cm³/mol. The zero-order valence-corrected chi connectivity index (χ0v) is 7.56. The molecule has 0 N–H and O–H groups in total. The zero-order chi connectivity index (χ0) is 9.26. The largest absolute Gasteiger partial charge is 0.465 e. The van der Waals surface area contributed by atoms with Crippen LogP contribution in [0.1, 0.15) is 12.1 Å². The highest BCUT2D eigenvalue weighted by Gasteiger charge is 2.24. The Labute approximate surface area is 76.5 Å². The molecular formula is C9H12N2O2. The summed E-state index contributed by atoms with van der Waals surface area (Å²) in [7, 11) is 1.96. The molecule has 0 aliphatic carbocycles. The Bertz CT molecular complexity index is 319. The minimum atomic E-state index is -0.0767. The Hall–Kier alpha value is -1.32. The summed E-state index contributed by atoms with van der Waals surface area (Å²) in [6.45, 7) is 0.560. The van der Waals surface area contributed by atoms with E-state index < -0.39 is 0 Å². The van der Waals surface area contributed by atoms with Crippen molar-refractivity contribution in [1.29, 1.82) is 0 Å². The lowest BCUT2D eigenvalue weighted by Crippen LogP contribution is -2.06. The van der Waals surface area contributed by atoms with E-state index >= 15 is 0 Å². The fraction of sp³-hybridized carbons (Fsp3) is 0.556. The van der Waals surface area contributed by atoms with E-state index in [1.54, 1.807) is 6.33 Å². The van der Waals surface area contributed by atoms with Gasteiger partial charge in [0.15, 0.2) is 0 Å². The molecule has 2 heterocycles. The third-order valence-electron chi connectivity index (χ3n) is 2.35. The molecule has 70 valence electrons. The fourth-order valence-corrected chi connectivity index (χ4v) is 1.57. The maximum absolute atomic E-state index is 10.8. The molecule has 1 aliphatic heterocycles. The Morgan fingerprint density at radius 1 is 1.77 bits per heavy atom. The van der Waals surface area contributed by atoms with Crippen LogP contribution in [-0.4, -0.2) is 22.1 Å². The first-order chi connectivity index (χ1) is 6.25. The molecular weight excluding hydrogens is 168 g/mol. The van der Waals surface area contributed by atoms with E-state index in [4.69, 9.17) is 4.74 Å². The van der Waals surface area contributed by atoms with Crippen LogP contribution < -0.4 is 0 Å². The van der Waals surface area contributed by atoms with Crippen molar-refractivity contribution in [2.24, 2.45) is 13.0 Å². The third kappa shape index (κ3) is 1.71. The maximum Gasteiger partial charge on any atom is 0.306 e. The highest BCUT2D eigenvalue weighted by molar-refractivity contribution is 5.71. The molecule has 4 heteroatoms. The summed E-state index contributed by atoms with van der Waals surface area (Å²) in [6, 6.07) is 0. The second-order valence-electron chi connectivity index (χ2n) is 3.45. The second kappa shape index (κ2) is 3.20. The number of hydrogen-bond donors (Lipinski definition) is 0. The minimum Gasteiger partial charge on any atom is -0.465 e. The molecule has 0 amide bonds. The lowest BCUT2D eigenvalue weighted by Gasteiger charge is -2.05. The predicted octanol–water partition coefficient (Wildman–Crippen LogP) is 0.526. The quantitative estimate of drug-likeness (QED) is 0.623. The Morgan fingerprint density at radius 2 is 2.62 bits per heavy atom. The van der Waals surface area contributed by atoms with E-state index in [1.165, 1.54) is 0 Å². The van der Waals surface area contributed by atoms with Crippen molar-refractivity contribution in [3.8, 4) is 0 Å². The van der Waals surface area contributed by atoms with Crippen molar-refractivity contribution in [2.75, 3.05) is 6.61 Å². The van der Waals surface area contributed by atoms with Crippen LogP contribution in [0.3, 0.4) is 0 Å². The number of carbonyl (C=O) groups is 1. The van der Waals surface area contributed by atoms with Crippen LogP contribution >= 0.6 is 0 Å². The van der Waals surface area contributed by atoms with Crippen LogP contribution in [-0.2, 0) is 23.0 Å². The summed E-state index contributed by atoms with van der Waals surface area (Å²) in [5, 5.41) is 0. The van der Waals surface area contributed by atoms with Gasteiger partial charge in [0.05, 0.1) is 19.4 Å². The van der Waals surface area contributed by atoms with Crippen molar-refractivity contribution < 1.29 is 9.53 Å². The summed E-state index contributed by atoms with van der Waals surface area (Å²) in [5.74, 6) is 0.259. The first-order valence-corrected chi connectivity index (χ1v) is 4.36. The highest BCUT2D eigenvalue weighted by atomic mass is 16.5. The van der Waals surface area contributed by atoms with E-state index in [1.807, 2.05) is 17.8 Å². The van der Waals surface area contributed by atoms with E-state index in [2.05, 4.69) is 4.98 Å². The molecule has 1 aromatic heterocycles. The number of esters is 1. The number of imidazole rings is 1. The first kappa shape index (κ1) is 8.29. The van der Waals surface area contributed by atoms with Crippen molar-refractivity contribution in [3.63, 3.8) is 0 Å². The van der Waals surface area contributed by atoms with Crippen LogP contribution in [0, 0.1) is 5.92 Å². The van der Waals surface area contributed by atoms with E-state index in [0.29, 0.717) is 18.9 Å².